The number of likely N-dealkylation sites (N-methyl/N-ethyl adjacent to an activating group) is 1. The molecule has 28 heavy (non-hydrogen) atoms. The molecule has 0 saturated heterocycles. The Morgan fingerprint density at radius 1 is 1.18 bits per heavy atom. The molecule has 3 aromatic heterocycles. The molecule has 0 aliphatic rings. The van der Waals surface area contributed by atoms with E-state index in [1.165, 1.54) is 29.8 Å². The lowest BCUT2D eigenvalue weighted by Gasteiger charge is -2.16. The molecule has 4 aromatic rings. The number of thiophene rings is 2. The SMILES string of the molecule is CN(Cc1cccs1)C(=O)COc1ncnc2scc(-c3ccc(F)cc3)c12. The summed E-state index contributed by atoms with van der Waals surface area (Å²) in [6, 6.07) is 10.2. The van der Waals surface area contributed by atoms with Crippen molar-refractivity contribution in [1.29, 1.82) is 0 Å². The fourth-order valence-corrected chi connectivity index (χ4v) is 4.43. The summed E-state index contributed by atoms with van der Waals surface area (Å²) in [6.45, 7) is 0.422. The van der Waals surface area contributed by atoms with Crippen LogP contribution in [-0.2, 0) is 11.3 Å². The van der Waals surface area contributed by atoms with Crippen LogP contribution in [0.3, 0.4) is 0 Å². The van der Waals surface area contributed by atoms with E-state index in [4.69, 9.17) is 4.74 Å². The maximum Gasteiger partial charge on any atom is 0.260 e. The maximum absolute atomic E-state index is 13.3. The second kappa shape index (κ2) is 8.04. The normalized spacial score (nSPS) is 10.9. The van der Waals surface area contributed by atoms with Gasteiger partial charge >= 0.3 is 0 Å². The number of halogens is 1. The fraction of sp³-hybridized carbons (Fsp3) is 0.150. The average Bonchev–Trinajstić information content (AvgIpc) is 3.36. The Kier molecular flexibility index (Phi) is 5.31. The minimum Gasteiger partial charge on any atom is -0.467 e. The smallest absolute Gasteiger partial charge is 0.260 e. The second-order valence-corrected chi connectivity index (χ2v) is 8.02. The van der Waals surface area contributed by atoms with Crippen LogP contribution in [0.4, 0.5) is 4.39 Å². The highest BCUT2D eigenvalue weighted by Gasteiger charge is 2.17. The third-order valence-electron chi connectivity index (χ3n) is 4.22. The quantitative estimate of drug-likeness (QED) is 0.464. The zero-order valence-electron chi connectivity index (χ0n) is 15.0. The number of nitrogens with zero attached hydrogens (tertiary/aromatic N) is 3. The molecule has 4 rings (SSSR count). The molecule has 5 nitrogen and oxygen atoms in total. The Bertz CT molecular complexity index is 1090. The maximum atomic E-state index is 13.3. The van der Waals surface area contributed by atoms with Gasteiger partial charge in [-0.3, -0.25) is 4.79 Å². The lowest BCUT2D eigenvalue weighted by atomic mass is 10.1. The first kappa shape index (κ1) is 18.5. The van der Waals surface area contributed by atoms with Gasteiger partial charge in [-0.1, -0.05) is 18.2 Å². The van der Waals surface area contributed by atoms with Gasteiger partial charge in [0.1, 0.15) is 17.0 Å². The Morgan fingerprint density at radius 2 is 2.00 bits per heavy atom. The largest absolute Gasteiger partial charge is 0.467 e. The van der Waals surface area contributed by atoms with Crippen LogP contribution in [0.1, 0.15) is 4.88 Å². The van der Waals surface area contributed by atoms with Crippen LogP contribution in [0.2, 0.25) is 0 Å². The number of benzene rings is 1. The van der Waals surface area contributed by atoms with E-state index in [2.05, 4.69) is 9.97 Å². The van der Waals surface area contributed by atoms with Gasteiger partial charge in [0.2, 0.25) is 5.88 Å². The van der Waals surface area contributed by atoms with Gasteiger partial charge in [-0.25, -0.2) is 14.4 Å². The number of amides is 1. The van der Waals surface area contributed by atoms with Crippen molar-refractivity contribution in [1.82, 2.24) is 14.9 Å². The van der Waals surface area contributed by atoms with E-state index in [-0.39, 0.29) is 18.3 Å². The first-order valence-electron chi connectivity index (χ1n) is 8.49. The number of fused-ring (bicyclic) bond motifs is 1. The lowest BCUT2D eigenvalue weighted by Crippen LogP contribution is -2.30. The zero-order valence-corrected chi connectivity index (χ0v) is 16.6. The topological polar surface area (TPSA) is 55.3 Å². The first-order valence-corrected chi connectivity index (χ1v) is 10.2. The van der Waals surface area contributed by atoms with Gasteiger partial charge < -0.3 is 9.64 Å². The van der Waals surface area contributed by atoms with Crippen LogP contribution in [0.25, 0.3) is 21.3 Å². The molecule has 0 saturated carbocycles. The molecule has 0 N–H and O–H groups in total. The van der Waals surface area contributed by atoms with Gasteiger partial charge in [0.05, 0.1) is 11.9 Å². The van der Waals surface area contributed by atoms with Crippen molar-refractivity contribution in [3.63, 3.8) is 0 Å². The summed E-state index contributed by atoms with van der Waals surface area (Å²) in [4.78, 5) is 24.4. The molecule has 3 heterocycles. The Hall–Kier alpha value is -2.84. The van der Waals surface area contributed by atoms with Crippen molar-refractivity contribution in [2.75, 3.05) is 13.7 Å². The van der Waals surface area contributed by atoms with Gasteiger partial charge in [0, 0.05) is 22.9 Å². The lowest BCUT2D eigenvalue weighted by molar-refractivity contribution is -0.132. The monoisotopic (exact) mass is 413 g/mol. The summed E-state index contributed by atoms with van der Waals surface area (Å²) in [7, 11) is 1.75. The van der Waals surface area contributed by atoms with Crippen LogP contribution in [0, 0.1) is 5.82 Å². The number of carbonyl (C=O) groups is 1. The molecule has 0 fully saturated rings. The fourth-order valence-electron chi connectivity index (χ4n) is 2.76. The molecule has 0 spiro atoms. The molecule has 1 amide bonds. The number of ether oxygens (including phenoxy) is 1. The number of rotatable bonds is 6. The Balaban J connectivity index is 1.54. The molecular formula is C20H16FN3O2S2. The number of hydrogen-bond donors (Lipinski definition) is 0. The highest BCUT2D eigenvalue weighted by molar-refractivity contribution is 7.17. The second-order valence-electron chi connectivity index (χ2n) is 6.13. The average molecular weight is 413 g/mol. The molecule has 0 aliphatic heterocycles. The summed E-state index contributed by atoms with van der Waals surface area (Å²) < 4.78 is 19.0. The van der Waals surface area contributed by atoms with E-state index >= 15 is 0 Å². The molecule has 0 radical (unpaired) electrons. The highest BCUT2D eigenvalue weighted by atomic mass is 32.1. The van der Waals surface area contributed by atoms with E-state index < -0.39 is 0 Å². The summed E-state index contributed by atoms with van der Waals surface area (Å²) in [5.74, 6) is -0.0856. The molecule has 0 aliphatic carbocycles. The summed E-state index contributed by atoms with van der Waals surface area (Å²) in [5.41, 5.74) is 1.70. The summed E-state index contributed by atoms with van der Waals surface area (Å²) >= 11 is 3.06. The van der Waals surface area contributed by atoms with Gasteiger partial charge in [0.15, 0.2) is 6.61 Å². The predicted octanol–water partition coefficient (Wildman–Crippen LogP) is 4.60. The summed E-state index contributed by atoms with van der Waals surface area (Å²) in [6.07, 6.45) is 1.42. The first-order chi connectivity index (χ1) is 13.6. The third kappa shape index (κ3) is 3.88. The predicted molar refractivity (Wildman–Crippen MR) is 109 cm³/mol. The van der Waals surface area contributed by atoms with E-state index in [1.54, 1.807) is 35.4 Å². The minimum atomic E-state index is -0.296. The van der Waals surface area contributed by atoms with Crippen molar-refractivity contribution >= 4 is 38.8 Å². The van der Waals surface area contributed by atoms with Crippen molar-refractivity contribution in [2.45, 2.75) is 6.54 Å². The molecule has 8 heteroatoms. The van der Waals surface area contributed by atoms with Gasteiger partial charge in [-0.05, 0) is 29.1 Å². The van der Waals surface area contributed by atoms with Crippen molar-refractivity contribution in [3.05, 3.63) is 64.2 Å². The number of aromatic nitrogens is 2. The molecule has 1 aromatic carbocycles. The van der Waals surface area contributed by atoms with E-state index in [0.717, 1.165) is 26.2 Å². The van der Waals surface area contributed by atoms with Gasteiger partial charge in [-0.2, -0.15) is 0 Å². The molecule has 0 unspecified atom stereocenters. The number of hydrogen-bond acceptors (Lipinski definition) is 6. The molecular weight excluding hydrogens is 397 g/mol. The summed E-state index contributed by atoms with van der Waals surface area (Å²) in [5, 5.41) is 4.65. The highest BCUT2D eigenvalue weighted by Crippen LogP contribution is 2.37. The molecule has 0 atom stereocenters. The zero-order chi connectivity index (χ0) is 19.5. The van der Waals surface area contributed by atoms with Crippen LogP contribution < -0.4 is 4.74 Å². The molecule has 0 bridgehead atoms. The van der Waals surface area contributed by atoms with E-state index in [1.807, 2.05) is 22.9 Å². The van der Waals surface area contributed by atoms with Gasteiger partial charge in [0.25, 0.3) is 5.91 Å². The molecule has 142 valence electrons. The third-order valence-corrected chi connectivity index (χ3v) is 5.97. The van der Waals surface area contributed by atoms with Crippen LogP contribution in [0.15, 0.2) is 53.5 Å². The van der Waals surface area contributed by atoms with Crippen molar-refractivity contribution in [3.8, 4) is 17.0 Å². The van der Waals surface area contributed by atoms with Crippen LogP contribution in [-0.4, -0.2) is 34.4 Å². The van der Waals surface area contributed by atoms with Crippen molar-refractivity contribution in [2.24, 2.45) is 0 Å². The van der Waals surface area contributed by atoms with Crippen LogP contribution in [0.5, 0.6) is 5.88 Å². The Morgan fingerprint density at radius 3 is 2.75 bits per heavy atom. The van der Waals surface area contributed by atoms with Gasteiger partial charge in [-0.15, -0.1) is 22.7 Å². The standard InChI is InChI=1S/C20H16FN3O2S2/c1-24(9-15-3-2-8-27-15)17(25)10-26-19-18-16(11-28-20(18)23-12-22-19)13-4-6-14(21)7-5-13/h2-8,11-12H,9-10H2,1H3. The minimum absolute atomic E-state index is 0.118. The Labute approximate surface area is 169 Å². The van der Waals surface area contributed by atoms with Crippen molar-refractivity contribution < 1.29 is 13.9 Å². The van der Waals surface area contributed by atoms with E-state index in [9.17, 15) is 9.18 Å². The van der Waals surface area contributed by atoms with E-state index in [0.29, 0.717) is 12.4 Å². The van der Waals surface area contributed by atoms with Crippen LogP contribution >= 0.6 is 22.7 Å². The number of carbonyl (C=O) groups excluding carboxylic acids is 1.